The van der Waals surface area contributed by atoms with E-state index >= 15 is 0 Å². The van der Waals surface area contributed by atoms with Crippen LogP contribution in [0.4, 0.5) is 0 Å². The summed E-state index contributed by atoms with van der Waals surface area (Å²) in [5.74, 6) is 1.71. The highest BCUT2D eigenvalue weighted by atomic mass is 16.5. The van der Waals surface area contributed by atoms with Gasteiger partial charge in [0.05, 0.1) is 6.04 Å². The van der Waals surface area contributed by atoms with Crippen molar-refractivity contribution >= 4 is 0 Å². The van der Waals surface area contributed by atoms with Gasteiger partial charge in [-0.2, -0.15) is 0 Å². The van der Waals surface area contributed by atoms with Crippen molar-refractivity contribution in [3.63, 3.8) is 0 Å². The zero-order valence-electron chi connectivity index (χ0n) is 13.1. The number of ether oxygens (including phenoxy) is 1. The van der Waals surface area contributed by atoms with E-state index in [1.807, 2.05) is 24.7 Å². The van der Waals surface area contributed by atoms with E-state index in [2.05, 4.69) is 39.0 Å². The first kappa shape index (κ1) is 15.2. The molecule has 1 fully saturated rings. The lowest BCUT2D eigenvalue weighted by atomic mass is 9.91. The molecule has 1 aliphatic rings. The SMILES string of the molecule is CCn1ccnc1[C@H](NCc1cccnc1)C1CCOCC1. The highest BCUT2D eigenvalue weighted by molar-refractivity contribution is 5.10. The molecule has 1 aliphatic heterocycles. The van der Waals surface area contributed by atoms with E-state index in [0.717, 1.165) is 45.0 Å². The smallest absolute Gasteiger partial charge is 0.126 e. The molecule has 0 unspecified atom stereocenters. The average Bonchev–Trinajstić information content (AvgIpc) is 3.05. The summed E-state index contributed by atoms with van der Waals surface area (Å²) < 4.78 is 7.75. The van der Waals surface area contributed by atoms with Gasteiger partial charge in [0, 0.05) is 51.1 Å². The van der Waals surface area contributed by atoms with Crippen molar-refractivity contribution in [3.05, 3.63) is 48.3 Å². The van der Waals surface area contributed by atoms with Crippen LogP contribution >= 0.6 is 0 Å². The van der Waals surface area contributed by atoms with Crippen LogP contribution in [0.3, 0.4) is 0 Å². The van der Waals surface area contributed by atoms with Crippen molar-refractivity contribution in [1.29, 1.82) is 0 Å². The summed E-state index contributed by atoms with van der Waals surface area (Å²) in [4.78, 5) is 8.81. The second-order valence-electron chi connectivity index (χ2n) is 5.74. The summed E-state index contributed by atoms with van der Waals surface area (Å²) in [6, 6.07) is 4.35. The molecule has 118 valence electrons. The number of aryl methyl sites for hydroxylation is 1. The average molecular weight is 300 g/mol. The number of hydrogen-bond acceptors (Lipinski definition) is 4. The summed E-state index contributed by atoms with van der Waals surface area (Å²) in [7, 11) is 0. The van der Waals surface area contributed by atoms with Gasteiger partial charge in [-0.3, -0.25) is 4.98 Å². The van der Waals surface area contributed by atoms with Gasteiger partial charge in [0.15, 0.2) is 0 Å². The Balaban J connectivity index is 1.76. The van der Waals surface area contributed by atoms with Crippen LogP contribution in [0.2, 0.25) is 0 Å². The molecule has 1 atom stereocenters. The molecule has 5 nitrogen and oxygen atoms in total. The Hall–Kier alpha value is -1.72. The number of imidazole rings is 1. The molecule has 0 saturated carbocycles. The lowest BCUT2D eigenvalue weighted by Crippen LogP contribution is -2.34. The lowest BCUT2D eigenvalue weighted by molar-refractivity contribution is 0.0517. The Bertz CT molecular complexity index is 563. The fraction of sp³-hybridized carbons (Fsp3) is 0.529. The van der Waals surface area contributed by atoms with Gasteiger partial charge in [0.1, 0.15) is 5.82 Å². The van der Waals surface area contributed by atoms with Crippen molar-refractivity contribution < 1.29 is 4.74 Å². The second kappa shape index (κ2) is 7.51. The predicted octanol–water partition coefficient (Wildman–Crippen LogP) is 2.56. The van der Waals surface area contributed by atoms with Gasteiger partial charge >= 0.3 is 0 Å². The molecule has 0 spiro atoms. The second-order valence-corrected chi connectivity index (χ2v) is 5.74. The summed E-state index contributed by atoms with van der Waals surface area (Å²) in [5.41, 5.74) is 1.20. The maximum atomic E-state index is 5.52. The number of pyridine rings is 1. The maximum Gasteiger partial charge on any atom is 0.126 e. The lowest BCUT2D eigenvalue weighted by Gasteiger charge is -2.31. The minimum absolute atomic E-state index is 0.263. The van der Waals surface area contributed by atoms with E-state index in [-0.39, 0.29) is 6.04 Å². The number of aromatic nitrogens is 3. The zero-order valence-corrected chi connectivity index (χ0v) is 13.1. The van der Waals surface area contributed by atoms with Gasteiger partial charge in [-0.05, 0) is 37.3 Å². The quantitative estimate of drug-likeness (QED) is 0.891. The van der Waals surface area contributed by atoms with Crippen molar-refractivity contribution in [2.45, 2.75) is 38.9 Å². The van der Waals surface area contributed by atoms with Gasteiger partial charge in [-0.25, -0.2) is 4.98 Å². The maximum absolute atomic E-state index is 5.52. The third kappa shape index (κ3) is 3.54. The number of nitrogens with one attached hydrogen (secondary N) is 1. The van der Waals surface area contributed by atoms with Gasteiger partial charge in [0.25, 0.3) is 0 Å². The first-order chi connectivity index (χ1) is 10.9. The third-order valence-corrected chi connectivity index (χ3v) is 4.35. The van der Waals surface area contributed by atoms with Crippen LogP contribution in [0.25, 0.3) is 0 Å². The minimum atomic E-state index is 0.263. The molecule has 3 heterocycles. The topological polar surface area (TPSA) is 52.0 Å². The van der Waals surface area contributed by atoms with Crippen LogP contribution < -0.4 is 5.32 Å². The highest BCUT2D eigenvalue weighted by Gasteiger charge is 2.28. The molecule has 0 aliphatic carbocycles. The van der Waals surface area contributed by atoms with Crippen molar-refractivity contribution in [1.82, 2.24) is 19.9 Å². The zero-order chi connectivity index (χ0) is 15.2. The minimum Gasteiger partial charge on any atom is -0.381 e. The molecule has 0 bridgehead atoms. The van der Waals surface area contributed by atoms with Gasteiger partial charge in [-0.15, -0.1) is 0 Å². The van der Waals surface area contributed by atoms with Gasteiger partial charge in [-0.1, -0.05) is 6.07 Å². The van der Waals surface area contributed by atoms with Crippen molar-refractivity contribution in [3.8, 4) is 0 Å². The van der Waals surface area contributed by atoms with Crippen LogP contribution in [0.15, 0.2) is 36.9 Å². The molecule has 0 aromatic carbocycles. The Morgan fingerprint density at radius 3 is 2.95 bits per heavy atom. The number of nitrogens with zero attached hydrogens (tertiary/aromatic N) is 3. The summed E-state index contributed by atoms with van der Waals surface area (Å²) in [6.45, 7) is 5.62. The van der Waals surface area contributed by atoms with Gasteiger partial charge in [0.2, 0.25) is 0 Å². The number of hydrogen-bond donors (Lipinski definition) is 1. The first-order valence-electron chi connectivity index (χ1n) is 8.09. The highest BCUT2D eigenvalue weighted by Crippen LogP contribution is 2.29. The van der Waals surface area contributed by atoms with Gasteiger partial charge < -0.3 is 14.6 Å². The largest absolute Gasteiger partial charge is 0.381 e. The molecule has 0 amide bonds. The van der Waals surface area contributed by atoms with Crippen LogP contribution in [0.1, 0.15) is 37.2 Å². The predicted molar refractivity (Wildman–Crippen MR) is 85.3 cm³/mol. The molecule has 1 N–H and O–H groups in total. The van der Waals surface area contributed by atoms with E-state index in [0.29, 0.717) is 5.92 Å². The van der Waals surface area contributed by atoms with E-state index in [9.17, 15) is 0 Å². The molecule has 3 rings (SSSR count). The van der Waals surface area contributed by atoms with E-state index in [1.54, 1.807) is 0 Å². The molecule has 0 radical (unpaired) electrons. The van der Waals surface area contributed by atoms with Crippen LogP contribution in [-0.4, -0.2) is 27.7 Å². The Kier molecular flexibility index (Phi) is 5.19. The van der Waals surface area contributed by atoms with Crippen molar-refractivity contribution in [2.75, 3.05) is 13.2 Å². The van der Waals surface area contributed by atoms with E-state index in [1.165, 1.54) is 5.56 Å². The Labute approximate surface area is 131 Å². The third-order valence-electron chi connectivity index (χ3n) is 4.35. The standard InChI is InChI=1S/C17H24N4O/c1-2-21-9-8-19-17(21)16(15-5-10-22-11-6-15)20-13-14-4-3-7-18-12-14/h3-4,7-9,12,15-16,20H,2,5-6,10-11,13H2,1H3/t16-/m1/s1. The molecule has 22 heavy (non-hydrogen) atoms. The molecule has 1 saturated heterocycles. The summed E-state index contributed by atoms with van der Waals surface area (Å²) >= 11 is 0. The van der Waals surface area contributed by atoms with E-state index in [4.69, 9.17) is 4.74 Å². The molecule has 5 heteroatoms. The Morgan fingerprint density at radius 1 is 1.36 bits per heavy atom. The van der Waals surface area contributed by atoms with E-state index < -0.39 is 0 Å². The molecular weight excluding hydrogens is 276 g/mol. The first-order valence-corrected chi connectivity index (χ1v) is 8.09. The van der Waals surface area contributed by atoms with Crippen LogP contribution in [0, 0.1) is 5.92 Å². The summed E-state index contributed by atoms with van der Waals surface area (Å²) in [5, 5.41) is 3.70. The molecule has 2 aromatic heterocycles. The fourth-order valence-corrected chi connectivity index (χ4v) is 3.12. The van der Waals surface area contributed by atoms with Crippen LogP contribution in [-0.2, 0) is 17.8 Å². The normalized spacial score (nSPS) is 17.5. The fourth-order valence-electron chi connectivity index (χ4n) is 3.12. The Morgan fingerprint density at radius 2 is 2.23 bits per heavy atom. The van der Waals surface area contributed by atoms with Crippen molar-refractivity contribution in [2.24, 2.45) is 5.92 Å². The monoisotopic (exact) mass is 300 g/mol. The summed E-state index contributed by atoms with van der Waals surface area (Å²) in [6.07, 6.45) is 9.86. The van der Waals surface area contributed by atoms with Crippen LogP contribution in [0.5, 0.6) is 0 Å². The molecule has 2 aromatic rings. The number of rotatable bonds is 6. The molecular formula is C17H24N4O.